The first-order valence-electron chi connectivity index (χ1n) is 8.73. The van der Waals surface area contributed by atoms with E-state index in [2.05, 4.69) is 10.8 Å². The Labute approximate surface area is 156 Å². The summed E-state index contributed by atoms with van der Waals surface area (Å²) in [6.45, 7) is 2.47. The van der Waals surface area contributed by atoms with Crippen LogP contribution < -0.4 is 9.60 Å². The summed E-state index contributed by atoms with van der Waals surface area (Å²) in [5.41, 5.74) is 3.05. The van der Waals surface area contributed by atoms with E-state index in [0.29, 0.717) is 11.2 Å². The number of hydrogen-bond donors (Lipinski definition) is 1. The van der Waals surface area contributed by atoms with Crippen LogP contribution in [-0.2, 0) is 23.0 Å². The van der Waals surface area contributed by atoms with Crippen LogP contribution in [0.1, 0.15) is 36.9 Å². The van der Waals surface area contributed by atoms with Crippen molar-refractivity contribution in [3.8, 4) is 0 Å². The molecule has 0 saturated heterocycles. The van der Waals surface area contributed by atoms with Crippen LogP contribution in [0.4, 0.5) is 0 Å². The fraction of sp³-hybridized carbons (Fsp3) is 0.316. The van der Waals surface area contributed by atoms with Gasteiger partial charge in [0.15, 0.2) is 0 Å². The number of benzene rings is 2. The quantitative estimate of drug-likeness (QED) is 0.744. The summed E-state index contributed by atoms with van der Waals surface area (Å²) in [6, 6.07) is 12.7. The molecule has 5 nitrogen and oxygen atoms in total. The summed E-state index contributed by atoms with van der Waals surface area (Å²) >= 11 is 1.08. The third-order valence-electron chi connectivity index (χ3n) is 4.93. The number of fused-ring (bicyclic) bond motifs is 2. The minimum atomic E-state index is -3.66. The second-order valence-electron chi connectivity index (χ2n) is 6.51. The van der Waals surface area contributed by atoms with Crippen LogP contribution in [0.25, 0.3) is 10.2 Å². The summed E-state index contributed by atoms with van der Waals surface area (Å²) in [4.78, 5) is 12.1. The van der Waals surface area contributed by atoms with Crippen LogP contribution in [0.2, 0.25) is 0 Å². The van der Waals surface area contributed by atoms with Crippen molar-refractivity contribution in [2.45, 2.75) is 43.7 Å². The zero-order valence-corrected chi connectivity index (χ0v) is 16.1. The van der Waals surface area contributed by atoms with Crippen molar-refractivity contribution < 1.29 is 8.42 Å². The molecule has 1 N–H and O–H groups in total. The van der Waals surface area contributed by atoms with Gasteiger partial charge in [0.25, 0.3) is 0 Å². The molecule has 4 rings (SSSR count). The van der Waals surface area contributed by atoms with Gasteiger partial charge in [0.05, 0.1) is 15.1 Å². The number of aromatic nitrogens is 1. The summed E-state index contributed by atoms with van der Waals surface area (Å²) in [5, 5.41) is 0. The van der Waals surface area contributed by atoms with E-state index >= 15 is 0 Å². The van der Waals surface area contributed by atoms with E-state index < -0.39 is 10.0 Å². The van der Waals surface area contributed by atoms with Gasteiger partial charge in [-0.2, -0.15) is 0 Å². The van der Waals surface area contributed by atoms with E-state index in [4.69, 9.17) is 0 Å². The Morgan fingerprint density at radius 1 is 1.23 bits per heavy atom. The van der Waals surface area contributed by atoms with Gasteiger partial charge in [-0.05, 0) is 55.5 Å². The number of sulfonamides is 1. The lowest BCUT2D eigenvalue weighted by Gasteiger charge is -2.26. The van der Waals surface area contributed by atoms with Crippen molar-refractivity contribution >= 4 is 31.6 Å². The van der Waals surface area contributed by atoms with Gasteiger partial charge in [0, 0.05) is 12.6 Å². The molecular formula is C19H20N2O3S2. The second-order valence-corrected chi connectivity index (χ2v) is 9.21. The van der Waals surface area contributed by atoms with Gasteiger partial charge in [-0.3, -0.25) is 9.36 Å². The number of rotatable bonds is 4. The van der Waals surface area contributed by atoms with Crippen LogP contribution >= 0.6 is 11.3 Å². The Morgan fingerprint density at radius 3 is 2.85 bits per heavy atom. The Morgan fingerprint density at radius 2 is 2.04 bits per heavy atom. The fourth-order valence-corrected chi connectivity index (χ4v) is 5.99. The highest BCUT2D eigenvalue weighted by molar-refractivity contribution is 7.89. The summed E-state index contributed by atoms with van der Waals surface area (Å²) in [6.07, 6.45) is 2.74. The molecule has 1 aliphatic carbocycles. The van der Waals surface area contributed by atoms with E-state index in [1.165, 1.54) is 5.56 Å². The molecule has 1 aromatic heterocycles. The van der Waals surface area contributed by atoms with Gasteiger partial charge in [0.2, 0.25) is 10.0 Å². The average Bonchev–Trinajstić information content (AvgIpc) is 2.96. The zero-order chi connectivity index (χ0) is 18.3. The molecule has 1 atom stereocenters. The van der Waals surface area contributed by atoms with Crippen LogP contribution in [0.15, 0.2) is 52.2 Å². The smallest absolute Gasteiger partial charge is 0.299 e. The molecule has 1 aliphatic rings. The molecule has 7 heteroatoms. The van der Waals surface area contributed by atoms with Crippen LogP contribution in [0, 0.1) is 0 Å². The van der Waals surface area contributed by atoms with Gasteiger partial charge < -0.3 is 0 Å². The second kappa shape index (κ2) is 6.64. The molecule has 1 heterocycles. The summed E-state index contributed by atoms with van der Waals surface area (Å²) in [7, 11) is -3.66. The van der Waals surface area contributed by atoms with Gasteiger partial charge in [0.1, 0.15) is 0 Å². The molecule has 2 aromatic carbocycles. The van der Waals surface area contributed by atoms with Crippen molar-refractivity contribution in [3.05, 3.63) is 63.3 Å². The Bertz CT molecular complexity index is 1130. The highest BCUT2D eigenvalue weighted by Gasteiger charge is 2.26. The SMILES string of the molecule is CCn1c(=O)sc2cc(S(=O)(=O)NC3CCCc4ccccc43)ccc21. The normalized spacial score (nSPS) is 17.3. The summed E-state index contributed by atoms with van der Waals surface area (Å²) < 4.78 is 31.1. The van der Waals surface area contributed by atoms with E-state index in [9.17, 15) is 13.2 Å². The third kappa shape index (κ3) is 3.00. The van der Waals surface area contributed by atoms with Crippen LogP contribution in [0.5, 0.6) is 0 Å². The van der Waals surface area contributed by atoms with E-state index in [0.717, 1.165) is 41.7 Å². The minimum absolute atomic E-state index is 0.0637. The molecule has 3 aromatic rings. The first-order chi connectivity index (χ1) is 12.5. The molecule has 0 fully saturated rings. The van der Waals surface area contributed by atoms with Crippen molar-refractivity contribution in [2.75, 3.05) is 0 Å². The summed E-state index contributed by atoms with van der Waals surface area (Å²) in [5.74, 6) is 0. The molecule has 136 valence electrons. The molecule has 0 spiro atoms. The van der Waals surface area contributed by atoms with Gasteiger partial charge in [-0.1, -0.05) is 35.6 Å². The standard InChI is InChI=1S/C19H20N2O3S2/c1-2-21-17-11-10-14(12-18(17)25-19(21)22)26(23,24)20-16-9-5-7-13-6-3-4-8-15(13)16/h3-4,6,8,10-12,16,20H,2,5,7,9H2,1H3. The highest BCUT2D eigenvalue weighted by atomic mass is 32.2. The van der Waals surface area contributed by atoms with Gasteiger partial charge in [-0.25, -0.2) is 13.1 Å². The first kappa shape index (κ1) is 17.5. The van der Waals surface area contributed by atoms with E-state index in [-0.39, 0.29) is 15.8 Å². The largest absolute Gasteiger partial charge is 0.308 e. The molecule has 0 amide bonds. The number of nitrogens with one attached hydrogen (secondary N) is 1. The van der Waals surface area contributed by atoms with Gasteiger partial charge >= 0.3 is 4.87 Å². The topological polar surface area (TPSA) is 68.2 Å². The van der Waals surface area contributed by atoms with Crippen molar-refractivity contribution in [1.29, 1.82) is 0 Å². The highest BCUT2D eigenvalue weighted by Crippen LogP contribution is 2.31. The van der Waals surface area contributed by atoms with Crippen molar-refractivity contribution in [3.63, 3.8) is 0 Å². The first-order valence-corrected chi connectivity index (χ1v) is 11.0. The molecule has 0 radical (unpaired) electrons. The molecular weight excluding hydrogens is 368 g/mol. The molecule has 26 heavy (non-hydrogen) atoms. The number of aryl methyl sites for hydroxylation is 2. The Kier molecular flexibility index (Phi) is 4.46. The third-order valence-corrected chi connectivity index (χ3v) is 7.34. The molecule has 0 bridgehead atoms. The lowest BCUT2D eigenvalue weighted by molar-refractivity contribution is 0.507. The fourth-order valence-electron chi connectivity index (χ4n) is 3.64. The lowest BCUT2D eigenvalue weighted by Crippen LogP contribution is -2.31. The number of thiazole rings is 1. The monoisotopic (exact) mass is 388 g/mol. The maximum Gasteiger partial charge on any atom is 0.308 e. The maximum absolute atomic E-state index is 12.9. The number of hydrogen-bond acceptors (Lipinski definition) is 4. The van der Waals surface area contributed by atoms with Crippen LogP contribution in [-0.4, -0.2) is 13.0 Å². The van der Waals surface area contributed by atoms with Crippen LogP contribution in [0.3, 0.4) is 0 Å². The van der Waals surface area contributed by atoms with E-state index in [1.54, 1.807) is 22.8 Å². The minimum Gasteiger partial charge on any atom is -0.299 e. The average molecular weight is 389 g/mol. The number of nitrogens with zero attached hydrogens (tertiary/aromatic N) is 1. The molecule has 0 aliphatic heterocycles. The maximum atomic E-state index is 12.9. The van der Waals surface area contributed by atoms with Gasteiger partial charge in [-0.15, -0.1) is 0 Å². The predicted octanol–water partition coefficient (Wildman–Crippen LogP) is 3.44. The lowest BCUT2D eigenvalue weighted by atomic mass is 9.88. The molecule has 1 unspecified atom stereocenters. The zero-order valence-electron chi connectivity index (χ0n) is 14.4. The predicted molar refractivity (Wildman–Crippen MR) is 104 cm³/mol. The molecule has 0 saturated carbocycles. The van der Waals surface area contributed by atoms with Crippen molar-refractivity contribution in [1.82, 2.24) is 9.29 Å². The Balaban J connectivity index is 1.69. The van der Waals surface area contributed by atoms with Crippen molar-refractivity contribution in [2.24, 2.45) is 0 Å². The van der Waals surface area contributed by atoms with E-state index in [1.807, 2.05) is 25.1 Å². The Hall–Kier alpha value is -1.96.